The van der Waals surface area contributed by atoms with Crippen LogP contribution in [-0.4, -0.2) is 31.2 Å². The fraction of sp³-hybridized carbons (Fsp3) is 0.348. The van der Waals surface area contributed by atoms with E-state index in [-0.39, 0.29) is 11.9 Å². The summed E-state index contributed by atoms with van der Waals surface area (Å²) >= 11 is 0. The van der Waals surface area contributed by atoms with E-state index in [1.807, 2.05) is 12.1 Å². The number of piperazine rings is 1. The molecule has 3 aromatic rings. The van der Waals surface area contributed by atoms with Crippen molar-refractivity contribution in [3.63, 3.8) is 0 Å². The Bertz CT molecular complexity index is 995. The summed E-state index contributed by atoms with van der Waals surface area (Å²) in [5.74, 6) is 0.439. The highest BCUT2D eigenvalue weighted by molar-refractivity contribution is 5.94. The lowest BCUT2D eigenvalue weighted by molar-refractivity contribution is 0.589. The lowest BCUT2D eigenvalue weighted by Crippen LogP contribution is -2.43. The molecule has 0 saturated carbocycles. The lowest BCUT2D eigenvalue weighted by Gasteiger charge is -2.29. The first-order valence-electron chi connectivity index (χ1n) is 9.91. The molecule has 2 heterocycles. The quantitative estimate of drug-likeness (QED) is 0.698. The molecule has 0 spiro atoms. The van der Waals surface area contributed by atoms with E-state index in [4.69, 9.17) is 0 Å². The van der Waals surface area contributed by atoms with Crippen molar-refractivity contribution in [3.8, 4) is 0 Å². The van der Waals surface area contributed by atoms with Gasteiger partial charge >= 0.3 is 0 Å². The number of nitrogens with one attached hydrogen (secondary N) is 2. The number of nitrogens with zero attached hydrogens (tertiary/aromatic N) is 2. The summed E-state index contributed by atoms with van der Waals surface area (Å²) in [7, 11) is 0. The van der Waals surface area contributed by atoms with Gasteiger partial charge in [-0.25, -0.2) is 9.37 Å². The van der Waals surface area contributed by atoms with Crippen LogP contribution in [0.1, 0.15) is 29.7 Å². The van der Waals surface area contributed by atoms with Crippen LogP contribution in [0.4, 0.5) is 15.9 Å². The number of aromatic nitrogens is 1. The summed E-state index contributed by atoms with van der Waals surface area (Å²) in [5, 5.41) is 8.32. The van der Waals surface area contributed by atoms with Crippen molar-refractivity contribution < 1.29 is 4.39 Å². The molecule has 0 unspecified atom stereocenters. The average Bonchev–Trinajstić information content (AvgIpc) is 2.72. The Kier molecular flexibility index (Phi) is 5.18. The van der Waals surface area contributed by atoms with Gasteiger partial charge in [-0.3, -0.25) is 0 Å². The van der Waals surface area contributed by atoms with E-state index in [0.29, 0.717) is 5.39 Å². The van der Waals surface area contributed by atoms with Crippen molar-refractivity contribution in [2.75, 3.05) is 36.4 Å². The van der Waals surface area contributed by atoms with Gasteiger partial charge in [0.1, 0.15) is 11.6 Å². The maximum Gasteiger partial charge on any atom is 0.149 e. The molecule has 1 fully saturated rings. The summed E-state index contributed by atoms with van der Waals surface area (Å²) in [4.78, 5) is 6.73. The molecular weight excluding hydrogens is 351 g/mol. The van der Waals surface area contributed by atoms with E-state index in [2.05, 4.69) is 65.6 Å². The Morgan fingerprint density at radius 3 is 2.68 bits per heavy atom. The number of anilines is 2. The second-order valence-electron chi connectivity index (χ2n) is 7.58. The maximum atomic E-state index is 14.4. The molecule has 1 atom stereocenters. The number of pyridine rings is 1. The Morgan fingerprint density at radius 1 is 1.11 bits per heavy atom. The Morgan fingerprint density at radius 2 is 1.89 bits per heavy atom. The predicted molar refractivity (Wildman–Crippen MR) is 115 cm³/mol. The van der Waals surface area contributed by atoms with Crippen molar-refractivity contribution in [1.82, 2.24) is 10.3 Å². The Labute approximate surface area is 165 Å². The van der Waals surface area contributed by atoms with Crippen LogP contribution in [0.15, 0.2) is 42.6 Å². The molecule has 0 bridgehead atoms. The summed E-state index contributed by atoms with van der Waals surface area (Å²) < 4.78 is 14.4. The fourth-order valence-electron chi connectivity index (χ4n) is 3.96. The zero-order chi connectivity index (χ0) is 19.7. The summed E-state index contributed by atoms with van der Waals surface area (Å²) in [6.07, 6.45) is 1.31. The van der Waals surface area contributed by atoms with Gasteiger partial charge in [0.2, 0.25) is 0 Å². The third kappa shape index (κ3) is 3.54. The number of benzene rings is 2. The smallest absolute Gasteiger partial charge is 0.149 e. The second-order valence-corrected chi connectivity index (χ2v) is 7.58. The van der Waals surface area contributed by atoms with Crippen LogP contribution < -0.4 is 15.5 Å². The standard InChI is InChI=1S/C23H27FN4/c1-15-5-4-6-19(16(15)2)17(3)27-23-21-13-18(28-11-9-25-10-12-28)7-8-20(21)22(24)14-26-23/h4-8,13-14,17,25H,9-12H2,1-3H3,(H,26,27)/t17-/m1/s1. The van der Waals surface area contributed by atoms with Crippen molar-refractivity contribution in [1.29, 1.82) is 0 Å². The van der Waals surface area contributed by atoms with E-state index in [1.165, 1.54) is 22.9 Å². The van der Waals surface area contributed by atoms with Gasteiger partial charge in [0.15, 0.2) is 0 Å². The molecule has 4 nitrogen and oxygen atoms in total. The Balaban J connectivity index is 1.71. The lowest BCUT2D eigenvalue weighted by atomic mass is 9.98. The molecule has 0 aliphatic carbocycles. The zero-order valence-electron chi connectivity index (χ0n) is 16.7. The molecule has 5 heteroatoms. The first kappa shape index (κ1) is 18.7. The van der Waals surface area contributed by atoms with E-state index < -0.39 is 0 Å². The highest BCUT2D eigenvalue weighted by Gasteiger charge is 2.16. The molecule has 1 aromatic heterocycles. The van der Waals surface area contributed by atoms with Crippen LogP contribution in [-0.2, 0) is 0 Å². The Hall–Kier alpha value is -2.66. The number of hydrogen-bond acceptors (Lipinski definition) is 4. The van der Waals surface area contributed by atoms with Crippen molar-refractivity contribution in [3.05, 3.63) is 65.1 Å². The van der Waals surface area contributed by atoms with E-state index in [9.17, 15) is 4.39 Å². The molecule has 2 N–H and O–H groups in total. The topological polar surface area (TPSA) is 40.2 Å². The van der Waals surface area contributed by atoms with Gasteiger partial charge in [-0.2, -0.15) is 0 Å². The molecule has 1 aliphatic heterocycles. The second kappa shape index (κ2) is 7.76. The highest BCUT2D eigenvalue weighted by Crippen LogP contribution is 2.31. The van der Waals surface area contributed by atoms with E-state index in [0.717, 1.165) is 43.1 Å². The first-order chi connectivity index (χ1) is 13.5. The molecule has 28 heavy (non-hydrogen) atoms. The fourth-order valence-corrected chi connectivity index (χ4v) is 3.96. The van der Waals surface area contributed by atoms with Gasteiger partial charge in [-0.1, -0.05) is 18.2 Å². The predicted octanol–water partition coefficient (Wildman–Crippen LogP) is 4.57. The third-order valence-electron chi connectivity index (χ3n) is 5.77. The minimum atomic E-state index is -0.285. The van der Waals surface area contributed by atoms with E-state index >= 15 is 0 Å². The van der Waals surface area contributed by atoms with E-state index in [1.54, 1.807) is 0 Å². The largest absolute Gasteiger partial charge is 0.369 e. The third-order valence-corrected chi connectivity index (χ3v) is 5.77. The maximum absolute atomic E-state index is 14.4. The molecule has 4 rings (SSSR count). The number of rotatable bonds is 4. The minimum absolute atomic E-state index is 0.0731. The molecule has 1 saturated heterocycles. The number of fused-ring (bicyclic) bond motifs is 1. The monoisotopic (exact) mass is 378 g/mol. The zero-order valence-corrected chi connectivity index (χ0v) is 16.7. The average molecular weight is 378 g/mol. The van der Waals surface area contributed by atoms with Gasteiger partial charge in [0, 0.05) is 42.6 Å². The number of halogens is 1. The summed E-state index contributed by atoms with van der Waals surface area (Å²) in [6, 6.07) is 12.4. The van der Waals surface area contributed by atoms with Crippen LogP contribution in [0.2, 0.25) is 0 Å². The van der Waals surface area contributed by atoms with Crippen LogP contribution in [0.3, 0.4) is 0 Å². The normalized spacial score (nSPS) is 15.6. The SMILES string of the molecule is Cc1cccc([C@@H](C)Nc2ncc(F)c3ccc(N4CCNCC4)cc23)c1C. The molecule has 1 aliphatic rings. The van der Waals surface area contributed by atoms with Gasteiger partial charge in [0.25, 0.3) is 0 Å². The van der Waals surface area contributed by atoms with Gasteiger partial charge in [0.05, 0.1) is 12.2 Å². The van der Waals surface area contributed by atoms with Crippen LogP contribution >= 0.6 is 0 Å². The van der Waals surface area contributed by atoms with Crippen molar-refractivity contribution in [2.45, 2.75) is 26.8 Å². The van der Waals surface area contributed by atoms with Crippen LogP contribution in [0.25, 0.3) is 10.8 Å². The number of hydrogen-bond donors (Lipinski definition) is 2. The van der Waals surface area contributed by atoms with Crippen molar-refractivity contribution >= 4 is 22.3 Å². The summed E-state index contributed by atoms with van der Waals surface area (Å²) in [6.45, 7) is 10.2. The minimum Gasteiger partial charge on any atom is -0.369 e. The van der Waals surface area contributed by atoms with Crippen LogP contribution in [0.5, 0.6) is 0 Å². The van der Waals surface area contributed by atoms with Crippen molar-refractivity contribution in [2.24, 2.45) is 0 Å². The van der Waals surface area contributed by atoms with Gasteiger partial charge in [-0.05, 0) is 55.7 Å². The highest BCUT2D eigenvalue weighted by atomic mass is 19.1. The molecule has 0 amide bonds. The first-order valence-corrected chi connectivity index (χ1v) is 9.91. The van der Waals surface area contributed by atoms with Gasteiger partial charge < -0.3 is 15.5 Å². The van der Waals surface area contributed by atoms with Crippen LogP contribution in [0, 0.1) is 19.7 Å². The molecule has 0 radical (unpaired) electrons. The molecule has 2 aromatic carbocycles. The summed E-state index contributed by atoms with van der Waals surface area (Å²) in [5.41, 5.74) is 4.89. The van der Waals surface area contributed by atoms with Gasteiger partial charge in [-0.15, -0.1) is 0 Å². The molecule has 146 valence electrons. The number of aryl methyl sites for hydroxylation is 1. The molecular formula is C23H27FN4.